The van der Waals surface area contributed by atoms with Gasteiger partial charge >= 0.3 is 0 Å². The number of nitrogens with one attached hydrogen (secondary N) is 1. The van der Waals surface area contributed by atoms with E-state index in [-0.39, 0.29) is 11.4 Å². The number of thiophene rings is 1. The quantitative estimate of drug-likeness (QED) is 0.849. The van der Waals surface area contributed by atoms with Crippen molar-refractivity contribution in [2.45, 2.75) is 25.3 Å². The van der Waals surface area contributed by atoms with Crippen LogP contribution in [-0.4, -0.2) is 15.5 Å². The number of hydrogen-bond donors (Lipinski definition) is 1. The molecule has 0 amide bonds. The molecule has 0 bridgehead atoms. The van der Waals surface area contributed by atoms with Crippen molar-refractivity contribution in [2.24, 2.45) is 0 Å². The minimum Gasteiger partial charge on any atom is -0.495 e. The largest absolute Gasteiger partial charge is 0.495 e. The highest BCUT2D eigenvalue weighted by Crippen LogP contribution is 2.27. The first-order valence-corrected chi connectivity index (χ1v) is 9.32. The molecule has 0 atom stereocenters. The lowest BCUT2D eigenvalue weighted by Gasteiger charge is -2.10. The highest BCUT2D eigenvalue weighted by atomic mass is 79.9. The molecule has 0 saturated carbocycles. The second kappa shape index (κ2) is 6.48. The van der Waals surface area contributed by atoms with Crippen LogP contribution < -0.4 is 9.46 Å². The lowest BCUT2D eigenvalue weighted by molar-refractivity contribution is 0.402. The van der Waals surface area contributed by atoms with Crippen molar-refractivity contribution in [3.8, 4) is 5.75 Å². The summed E-state index contributed by atoms with van der Waals surface area (Å²) in [7, 11) is -2.17. The minimum absolute atomic E-state index is 0.129. The molecule has 1 aromatic carbocycles. The normalized spacial score (nSPS) is 11.6. The van der Waals surface area contributed by atoms with Gasteiger partial charge in [-0.2, -0.15) is 0 Å². The molecule has 0 radical (unpaired) electrons. The molecule has 1 aromatic heterocycles. The molecular weight excluding hydrogens is 374 g/mol. The minimum atomic E-state index is -3.63. The number of benzene rings is 1. The van der Waals surface area contributed by atoms with Crippen LogP contribution in [0, 0.1) is 13.8 Å². The van der Waals surface area contributed by atoms with E-state index in [2.05, 4.69) is 20.7 Å². The Labute approximate surface area is 137 Å². The molecule has 1 N–H and O–H groups in total. The van der Waals surface area contributed by atoms with Crippen LogP contribution in [0.4, 0.5) is 0 Å². The van der Waals surface area contributed by atoms with Gasteiger partial charge in [0.1, 0.15) is 10.6 Å². The Morgan fingerprint density at radius 3 is 2.57 bits per heavy atom. The van der Waals surface area contributed by atoms with E-state index in [4.69, 9.17) is 4.74 Å². The van der Waals surface area contributed by atoms with Gasteiger partial charge in [0.05, 0.1) is 7.11 Å². The van der Waals surface area contributed by atoms with Crippen molar-refractivity contribution in [3.63, 3.8) is 0 Å². The fourth-order valence-electron chi connectivity index (χ4n) is 1.84. The zero-order valence-electron chi connectivity index (χ0n) is 11.9. The van der Waals surface area contributed by atoms with Gasteiger partial charge < -0.3 is 4.74 Å². The molecule has 2 aromatic rings. The summed E-state index contributed by atoms with van der Waals surface area (Å²) in [5, 5.41) is 0. The Bertz CT molecular complexity index is 734. The molecule has 0 fully saturated rings. The van der Waals surface area contributed by atoms with Crippen LogP contribution in [0.15, 0.2) is 33.6 Å². The fraction of sp³-hybridized carbons (Fsp3) is 0.286. The van der Waals surface area contributed by atoms with Crippen molar-refractivity contribution >= 4 is 37.3 Å². The summed E-state index contributed by atoms with van der Waals surface area (Å²) in [5.74, 6) is 0.323. The van der Waals surface area contributed by atoms with E-state index in [9.17, 15) is 8.42 Å². The van der Waals surface area contributed by atoms with E-state index in [1.165, 1.54) is 23.6 Å². The SMILES string of the molecule is COc1ccc(Br)cc1S(=O)(=O)NCc1cc(C)c(C)s1. The smallest absolute Gasteiger partial charge is 0.244 e. The van der Waals surface area contributed by atoms with E-state index in [0.717, 1.165) is 4.88 Å². The number of halogens is 1. The Kier molecular flexibility index (Phi) is 5.08. The predicted octanol–water partition coefficient (Wildman–Crippen LogP) is 3.61. The van der Waals surface area contributed by atoms with Crippen LogP contribution >= 0.6 is 27.3 Å². The Morgan fingerprint density at radius 2 is 2.00 bits per heavy atom. The lowest BCUT2D eigenvalue weighted by atomic mass is 10.3. The van der Waals surface area contributed by atoms with Gasteiger partial charge in [0.2, 0.25) is 10.0 Å². The highest BCUT2D eigenvalue weighted by Gasteiger charge is 2.20. The molecule has 0 saturated heterocycles. The highest BCUT2D eigenvalue weighted by molar-refractivity contribution is 9.10. The molecule has 0 aliphatic carbocycles. The van der Waals surface area contributed by atoms with Crippen LogP contribution in [-0.2, 0) is 16.6 Å². The molecule has 1 heterocycles. The first kappa shape index (κ1) is 16.5. The predicted molar refractivity (Wildman–Crippen MR) is 88.5 cm³/mol. The second-order valence-corrected chi connectivity index (χ2v) is 8.56. The van der Waals surface area contributed by atoms with Gasteiger partial charge in [0.15, 0.2) is 0 Å². The van der Waals surface area contributed by atoms with E-state index in [1.807, 2.05) is 19.9 Å². The second-order valence-electron chi connectivity index (χ2n) is 4.57. The summed E-state index contributed by atoms with van der Waals surface area (Å²) in [4.78, 5) is 2.32. The van der Waals surface area contributed by atoms with Crippen LogP contribution in [0.2, 0.25) is 0 Å². The van der Waals surface area contributed by atoms with Crippen molar-refractivity contribution < 1.29 is 13.2 Å². The average molecular weight is 390 g/mol. The van der Waals surface area contributed by atoms with Gasteiger partial charge in [0, 0.05) is 20.8 Å². The van der Waals surface area contributed by atoms with Crippen LogP contribution in [0.1, 0.15) is 15.3 Å². The number of rotatable bonds is 5. The molecule has 0 spiro atoms. The maximum absolute atomic E-state index is 12.4. The first-order chi connectivity index (χ1) is 9.83. The monoisotopic (exact) mass is 389 g/mol. The average Bonchev–Trinajstić information content (AvgIpc) is 2.76. The maximum atomic E-state index is 12.4. The maximum Gasteiger partial charge on any atom is 0.244 e. The van der Waals surface area contributed by atoms with Crippen molar-refractivity contribution in [1.82, 2.24) is 4.72 Å². The van der Waals surface area contributed by atoms with Gasteiger partial charge in [-0.25, -0.2) is 13.1 Å². The molecule has 7 heteroatoms. The molecule has 114 valence electrons. The van der Waals surface area contributed by atoms with Gasteiger partial charge in [-0.3, -0.25) is 0 Å². The number of methoxy groups -OCH3 is 1. The third-order valence-corrected chi connectivity index (χ3v) is 6.14. The Morgan fingerprint density at radius 1 is 1.29 bits per heavy atom. The van der Waals surface area contributed by atoms with Gasteiger partial charge in [0.25, 0.3) is 0 Å². The topological polar surface area (TPSA) is 55.4 Å². The molecule has 0 unspecified atom stereocenters. The summed E-state index contributed by atoms with van der Waals surface area (Å²) in [6.07, 6.45) is 0. The van der Waals surface area contributed by atoms with Crippen LogP contribution in [0.5, 0.6) is 5.75 Å². The summed E-state index contributed by atoms with van der Waals surface area (Å²) in [6, 6.07) is 6.90. The number of sulfonamides is 1. The summed E-state index contributed by atoms with van der Waals surface area (Å²) >= 11 is 4.88. The van der Waals surface area contributed by atoms with Crippen molar-refractivity contribution in [1.29, 1.82) is 0 Å². The zero-order valence-corrected chi connectivity index (χ0v) is 15.2. The molecular formula is C14H16BrNO3S2. The summed E-state index contributed by atoms with van der Waals surface area (Å²) in [6.45, 7) is 4.31. The third kappa shape index (κ3) is 3.85. The molecule has 2 rings (SSSR count). The summed E-state index contributed by atoms with van der Waals surface area (Å²) in [5.41, 5.74) is 1.18. The lowest BCUT2D eigenvalue weighted by Crippen LogP contribution is -2.23. The van der Waals surface area contributed by atoms with E-state index >= 15 is 0 Å². The fourth-order valence-corrected chi connectivity index (χ4v) is 4.64. The van der Waals surface area contributed by atoms with Gasteiger partial charge in [-0.15, -0.1) is 11.3 Å². The molecule has 4 nitrogen and oxygen atoms in total. The summed E-state index contributed by atoms with van der Waals surface area (Å²) < 4.78 is 33.3. The number of hydrogen-bond acceptors (Lipinski definition) is 4. The number of aryl methyl sites for hydroxylation is 2. The first-order valence-electron chi connectivity index (χ1n) is 6.22. The Hall–Kier alpha value is -0.890. The molecule has 0 aliphatic heterocycles. The zero-order chi connectivity index (χ0) is 15.6. The van der Waals surface area contributed by atoms with Crippen LogP contribution in [0.25, 0.3) is 0 Å². The number of ether oxygens (including phenoxy) is 1. The van der Waals surface area contributed by atoms with Crippen molar-refractivity contribution in [3.05, 3.63) is 44.1 Å². The van der Waals surface area contributed by atoms with E-state index in [1.54, 1.807) is 23.5 Å². The Balaban J connectivity index is 2.24. The molecule has 21 heavy (non-hydrogen) atoms. The molecule has 0 aliphatic rings. The van der Waals surface area contributed by atoms with Crippen molar-refractivity contribution in [2.75, 3.05) is 7.11 Å². The van der Waals surface area contributed by atoms with Gasteiger partial charge in [-0.05, 0) is 43.7 Å². The van der Waals surface area contributed by atoms with Gasteiger partial charge in [-0.1, -0.05) is 15.9 Å². The van der Waals surface area contributed by atoms with E-state index < -0.39 is 10.0 Å². The van der Waals surface area contributed by atoms with Crippen LogP contribution in [0.3, 0.4) is 0 Å². The van der Waals surface area contributed by atoms with E-state index in [0.29, 0.717) is 10.2 Å². The third-order valence-electron chi connectivity index (χ3n) is 3.07. The standard InChI is InChI=1S/C14H16BrNO3S2/c1-9-6-12(20-10(9)2)8-16-21(17,18)14-7-11(15)4-5-13(14)19-3/h4-7,16H,8H2,1-3H3.